The van der Waals surface area contributed by atoms with Crippen molar-refractivity contribution in [2.45, 2.75) is 38.8 Å². The molecule has 1 saturated heterocycles. The van der Waals surface area contributed by atoms with Crippen LogP contribution in [0.15, 0.2) is 24.3 Å². The van der Waals surface area contributed by atoms with Gasteiger partial charge >= 0.3 is 0 Å². The molecule has 2 nitrogen and oxygen atoms in total. The molecule has 1 heterocycles. The summed E-state index contributed by atoms with van der Waals surface area (Å²) in [6.07, 6.45) is 2.08. The van der Waals surface area contributed by atoms with Crippen LogP contribution in [0.2, 0.25) is 0 Å². The van der Waals surface area contributed by atoms with Crippen molar-refractivity contribution >= 4 is 0 Å². The van der Waals surface area contributed by atoms with Gasteiger partial charge in [0.2, 0.25) is 0 Å². The molecule has 0 aromatic heterocycles. The van der Waals surface area contributed by atoms with Crippen molar-refractivity contribution in [3.63, 3.8) is 0 Å². The number of hydrogen-bond donors (Lipinski definition) is 1. The SMILES string of the molecule is CC(Cc1ccc(F)cc1)NC(C)C1CCOC1. The van der Waals surface area contributed by atoms with Crippen molar-refractivity contribution in [2.24, 2.45) is 5.92 Å². The molecule has 1 N–H and O–H groups in total. The van der Waals surface area contributed by atoms with Crippen molar-refractivity contribution in [3.8, 4) is 0 Å². The van der Waals surface area contributed by atoms with Crippen molar-refractivity contribution in [2.75, 3.05) is 13.2 Å². The third kappa shape index (κ3) is 3.79. The summed E-state index contributed by atoms with van der Waals surface area (Å²) in [5, 5.41) is 3.61. The van der Waals surface area contributed by atoms with E-state index in [2.05, 4.69) is 19.2 Å². The van der Waals surface area contributed by atoms with Gasteiger partial charge in [0, 0.05) is 18.7 Å². The highest BCUT2D eigenvalue weighted by molar-refractivity contribution is 5.17. The van der Waals surface area contributed by atoms with Crippen LogP contribution in [0.5, 0.6) is 0 Å². The second-order valence-electron chi connectivity index (χ2n) is 5.31. The van der Waals surface area contributed by atoms with Gasteiger partial charge in [-0.1, -0.05) is 12.1 Å². The summed E-state index contributed by atoms with van der Waals surface area (Å²) in [5.74, 6) is 0.455. The summed E-state index contributed by atoms with van der Waals surface area (Å²) in [6.45, 7) is 6.16. The Morgan fingerprint density at radius 3 is 2.67 bits per heavy atom. The molecule has 0 bridgehead atoms. The van der Waals surface area contributed by atoms with E-state index in [1.165, 1.54) is 17.7 Å². The van der Waals surface area contributed by atoms with Gasteiger partial charge in [0.05, 0.1) is 6.61 Å². The fraction of sp³-hybridized carbons (Fsp3) is 0.600. The van der Waals surface area contributed by atoms with Gasteiger partial charge in [-0.2, -0.15) is 0 Å². The number of rotatable bonds is 5. The first-order valence-corrected chi connectivity index (χ1v) is 6.73. The van der Waals surface area contributed by atoms with E-state index in [4.69, 9.17) is 4.74 Å². The number of hydrogen-bond acceptors (Lipinski definition) is 2. The Hall–Kier alpha value is -0.930. The average Bonchev–Trinajstić information content (AvgIpc) is 2.85. The largest absolute Gasteiger partial charge is 0.381 e. The van der Waals surface area contributed by atoms with E-state index >= 15 is 0 Å². The average molecular weight is 251 g/mol. The van der Waals surface area contributed by atoms with Gasteiger partial charge in [0.15, 0.2) is 0 Å². The van der Waals surface area contributed by atoms with Gasteiger partial charge in [-0.3, -0.25) is 0 Å². The maximum atomic E-state index is 12.8. The molecule has 3 unspecified atom stereocenters. The van der Waals surface area contributed by atoms with Crippen molar-refractivity contribution in [1.82, 2.24) is 5.32 Å². The van der Waals surface area contributed by atoms with E-state index in [1.807, 2.05) is 12.1 Å². The predicted octanol–water partition coefficient (Wildman–Crippen LogP) is 2.77. The van der Waals surface area contributed by atoms with E-state index in [0.29, 0.717) is 18.0 Å². The molecule has 1 aliphatic heterocycles. The first-order chi connectivity index (χ1) is 8.65. The molecule has 0 amide bonds. The fourth-order valence-electron chi connectivity index (χ4n) is 2.56. The van der Waals surface area contributed by atoms with Crippen LogP contribution in [0.3, 0.4) is 0 Å². The van der Waals surface area contributed by atoms with Crippen LogP contribution in [-0.4, -0.2) is 25.3 Å². The monoisotopic (exact) mass is 251 g/mol. The van der Waals surface area contributed by atoms with E-state index < -0.39 is 0 Å². The molecule has 0 aliphatic carbocycles. The molecule has 1 fully saturated rings. The topological polar surface area (TPSA) is 21.3 Å². The van der Waals surface area contributed by atoms with Crippen LogP contribution in [0.1, 0.15) is 25.8 Å². The normalized spacial score (nSPS) is 22.9. The number of benzene rings is 1. The maximum Gasteiger partial charge on any atom is 0.123 e. The molecule has 2 rings (SSSR count). The van der Waals surface area contributed by atoms with Crippen LogP contribution in [0, 0.1) is 11.7 Å². The first kappa shape index (κ1) is 13.5. The summed E-state index contributed by atoms with van der Waals surface area (Å²) in [5.41, 5.74) is 1.17. The molecule has 18 heavy (non-hydrogen) atoms. The van der Waals surface area contributed by atoms with Gasteiger partial charge < -0.3 is 10.1 Å². The van der Waals surface area contributed by atoms with Crippen LogP contribution >= 0.6 is 0 Å². The van der Waals surface area contributed by atoms with E-state index in [-0.39, 0.29) is 5.82 Å². The highest BCUT2D eigenvalue weighted by Gasteiger charge is 2.23. The second kappa shape index (κ2) is 6.30. The number of nitrogens with one attached hydrogen (secondary N) is 1. The summed E-state index contributed by atoms with van der Waals surface area (Å²) < 4.78 is 18.2. The van der Waals surface area contributed by atoms with Crippen molar-refractivity contribution in [1.29, 1.82) is 0 Å². The summed E-state index contributed by atoms with van der Waals surface area (Å²) in [7, 11) is 0. The molecule has 3 atom stereocenters. The Bertz CT molecular complexity index is 359. The lowest BCUT2D eigenvalue weighted by Crippen LogP contribution is -2.40. The third-order valence-electron chi connectivity index (χ3n) is 3.67. The third-order valence-corrected chi connectivity index (χ3v) is 3.67. The minimum atomic E-state index is -0.171. The van der Waals surface area contributed by atoms with Gasteiger partial charge in [-0.15, -0.1) is 0 Å². The second-order valence-corrected chi connectivity index (χ2v) is 5.31. The molecule has 0 radical (unpaired) electrons. The Morgan fingerprint density at radius 1 is 1.33 bits per heavy atom. The summed E-state index contributed by atoms with van der Waals surface area (Å²) >= 11 is 0. The van der Waals surface area contributed by atoms with Gasteiger partial charge in [-0.25, -0.2) is 4.39 Å². The first-order valence-electron chi connectivity index (χ1n) is 6.73. The Kier molecular flexibility index (Phi) is 4.72. The molecule has 100 valence electrons. The van der Waals surface area contributed by atoms with Crippen LogP contribution in [0.25, 0.3) is 0 Å². The molecule has 0 spiro atoms. The Balaban J connectivity index is 1.80. The Morgan fingerprint density at radius 2 is 2.06 bits per heavy atom. The van der Waals surface area contributed by atoms with Gasteiger partial charge in [-0.05, 0) is 50.3 Å². The molecular weight excluding hydrogens is 229 g/mol. The molecule has 1 aliphatic rings. The quantitative estimate of drug-likeness (QED) is 0.869. The molecular formula is C15H22FNO. The molecule has 1 aromatic rings. The standard InChI is InChI=1S/C15H22FNO/c1-11(9-13-3-5-15(16)6-4-13)17-12(2)14-7-8-18-10-14/h3-6,11-12,14,17H,7-10H2,1-2H3. The fourth-order valence-corrected chi connectivity index (χ4v) is 2.56. The van der Waals surface area contributed by atoms with Gasteiger partial charge in [0.1, 0.15) is 5.82 Å². The lowest BCUT2D eigenvalue weighted by molar-refractivity contribution is 0.177. The number of ether oxygens (including phenoxy) is 1. The van der Waals surface area contributed by atoms with Crippen LogP contribution in [-0.2, 0) is 11.2 Å². The maximum absolute atomic E-state index is 12.8. The zero-order chi connectivity index (χ0) is 13.0. The van der Waals surface area contributed by atoms with Crippen molar-refractivity contribution < 1.29 is 9.13 Å². The zero-order valence-electron chi connectivity index (χ0n) is 11.2. The lowest BCUT2D eigenvalue weighted by Gasteiger charge is -2.24. The van der Waals surface area contributed by atoms with Crippen molar-refractivity contribution in [3.05, 3.63) is 35.6 Å². The number of halogens is 1. The molecule has 3 heteroatoms. The van der Waals surface area contributed by atoms with Crippen LogP contribution in [0.4, 0.5) is 4.39 Å². The zero-order valence-corrected chi connectivity index (χ0v) is 11.2. The Labute approximate surface area is 109 Å². The van der Waals surface area contributed by atoms with E-state index in [1.54, 1.807) is 0 Å². The van der Waals surface area contributed by atoms with E-state index in [9.17, 15) is 4.39 Å². The predicted molar refractivity (Wildman–Crippen MR) is 71.1 cm³/mol. The van der Waals surface area contributed by atoms with Crippen LogP contribution < -0.4 is 5.32 Å². The molecule has 0 saturated carbocycles. The molecule has 1 aromatic carbocycles. The minimum absolute atomic E-state index is 0.171. The van der Waals surface area contributed by atoms with E-state index in [0.717, 1.165) is 26.1 Å². The highest BCUT2D eigenvalue weighted by Crippen LogP contribution is 2.17. The van der Waals surface area contributed by atoms with Gasteiger partial charge in [0.25, 0.3) is 0 Å². The minimum Gasteiger partial charge on any atom is -0.381 e. The highest BCUT2D eigenvalue weighted by atomic mass is 19.1. The lowest BCUT2D eigenvalue weighted by atomic mass is 9.98. The smallest absolute Gasteiger partial charge is 0.123 e. The summed E-state index contributed by atoms with van der Waals surface area (Å²) in [4.78, 5) is 0. The summed E-state index contributed by atoms with van der Waals surface area (Å²) in [6, 6.07) is 7.63.